The van der Waals surface area contributed by atoms with E-state index >= 15 is 0 Å². The van der Waals surface area contributed by atoms with Gasteiger partial charge in [-0.3, -0.25) is 9.59 Å². The van der Waals surface area contributed by atoms with Crippen LogP contribution in [0.4, 0.5) is 0 Å². The Balaban J connectivity index is 1.28. The predicted octanol–water partition coefficient (Wildman–Crippen LogP) is 3.20. The molecule has 33 heavy (non-hydrogen) atoms. The quantitative estimate of drug-likeness (QED) is 0.637. The van der Waals surface area contributed by atoms with Crippen LogP contribution in [0.1, 0.15) is 69.9 Å². The number of piperidine rings is 1. The zero-order chi connectivity index (χ0) is 23.6. The number of hydrogen-bond donors (Lipinski definition) is 1. The summed E-state index contributed by atoms with van der Waals surface area (Å²) in [6, 6.07) is 5.58. The smallest absolute Gasteiger partial charge is 0.309 e. The molecule has 0 spiro atoms. The molecular weight excluding hydrogens is 440 g/mol. The van der Waals surface area contributed by atoms with E-state index in [2.05, 4.69) is 12.2 Å². The van der Waals surface area contributed by atoms with E-state index in [0.29, 0.717) is 23.7 Å². The van der Waals surface area contributed by atoms with Crippen LogP contribution in [0.2, 0.25) is 0 Å². The number of ether oxygens (including phenoxy) is 1. The average molecular weight is 477 g/mol. The van der Waals surface area contributed by atoms with Crippen molar-refractivity contribution in [3.05, 3.63) is 29.3 Å². The van der Waals surface area contributed by atoms with Crippen molar-refractivity contribution in [1.82, 2.24) is 9.62 Å². The lowest BCUT2D eigenvalue weighted by molar-refractivity contribution is -0.160. The summed E-state index contributed by atoms with van der Waals surface area (Å²) < 4.78 is 33.1. The number of esters is 1. The lowest BCUT2D eigenvalue weighted by Crippen LogP contribution is -2.47. The second-order valence-electron chi connectivity index (χ2n) is 9.92. The summed E-state index contributed by atoms with van der Waals surface area (Å²) in [7, 11) is -3.57. The molecule has 1 N–H and O–H groups in total. The van der Waals surface area contributed by atoms with Crippen molar-refractivity contribution < 1.29 is 22.7 Å². The molecule has 0 bridgehead atoms. The van der Waals surface area contributed by atoms with Gasteiger partial charge < -0.3 is 10.1 Å². The highest BCUT2D eigenvalue weighted by molar-refractivity contribution is 7.89. The lowest BCUT2D eigenvalue weighted by Gasteiger charge is -2.32. The summed E-state index contributed by atoms with van der Waals surface area (Å²) in [5.41, 5.74) is 2.37. The summed E-state index contributed by atoms with van der Waals surface area (Å²) in [5, 5.41) is 3.04. The first-order valence-corrected chi connectivity index (χ1v) is 13.8. The predicted molar refractivity (Wildman–Crippen MR) is 125 cm³/mol. The molecular formula is C25H36N2O5S. The van der Waals surface area contributed by atoms with Gasteiger partial charge in [0.2, 0.25) is 10.0 Å². The summed E-state index contributed by atoms with van der Waals surface area (Å²) in [5.74, 6) is -0.620. The summed E-state index contributed by atoms with van der Waals surface area (Å²) in [4.78, 5) is 25.5. The van der Waals surface area contributed by atoms with Gasteiger partial charge in [0, 0.05) is 19.1 Å². The van der Waals surface area contributed by atoms with Crippen molar-refractivity contribution in [2.45, 2.75) is 88.7 Å². The van der Waals surface area contributed by atoms with Gasteiger partial charge in [0.1, 0.15) is 0 Å². The maximum Gasteiger partial charge on any atom is 0.309 e. The minimum absolute atomic E-state index is 0.139. The maximum atomic E-state index is 13.1. The number of carbonyl (C=O) groups excluding carboxylic acids is 2. The molecule has 2 fully saturated rings. The third-order valence-electron chi connectivity index (χ3n) is 7.60. The Kier molecular flexibility index (Phi) is 7.43. The summed E-state index contributed by atoms with van der Waals surface area (Å²) >= 11 is 0. The van der Waals surface area contributed by atoms with Gasteiger partial charge in [0.25, 0.3) is 5.91 Å². The highest BCUT2D eigenvalue weighted by Gasteiger charge is 2.35. The van der Waals surface area contributed by atoms with Crippen LogP contribution in [0.15, 0.2) is 23.1 Å². The van der Waals surface area contributed by atoms with E-state index < -0.39 is 22.1 Å². The van der Waals surface area contributed by atoms with Gasteiger partial charge in [-0.05, 0) is 81.0 Å². The topological polar surface area (TPSA) is 92.8 Å². The summed E-state index contributed by atoms with van der Waals surface area (Å²) in [6.07, 6.45) is 7.33. The van der Waals surface area contributed by atoms with Gasteiger partial charge in [-0.15, -0.1) is 0 Å². The van der Waals surface area contributed by atoms with E-state index in [1.807, 2.05) is 12.1 Å². The molecule has 1 saturated heterocycles. The van der Waals surface area contributed by atoms with Crippen LogP contribution < -0.4 is 5.32 Å². The average Bonchev–Trinajstić information content (AvgIpc) is 3.28. The van der Waals surface area contributed by atoms with E-state index in [1.165, 1.54) is 16.3 Å². The third-order valence-corrected chi connectivity index (χ3v) is 9.49. The molecule has 1 heterocycles. The standard InChI is InChI=1S/C25H36N2O5S/c1-17-6-3-4-9-23(17)26-24(28)18(2)32-25(29)20-12-14-27(15-13-20)33(30,31)22-11-10-19-7-5-8-21(19)16-22/h10-11,16-18,20,23H,3-9,12-15H2,1-2H3,(H,26,28). The number of amides is 1. The van der Waals surface area contributed by atoms with Crippen LogP contribution >= 0.6 is 0 Å². The van der Waals surface area contributed by atoms with E-state index in [0.717, 1.165) is 44.1 Å². The van der Waals surface area contributed by atoms with E-state index in [-0.39, 0.29) is 31.0 Å². The number of benzene rings is 1. The van der Waals surface area contributed by atoms with Crippen LogP contribution in [0.5, 0.6) is 0 Å². The fraction of sp³-hybridized carbons (Fsp3) is 0.680. The summed E-state index contributed by atoms with van der Waals surface area (Å²) in [6.45, 7) is 4.30. The van der Waals surface area contributed by atoms with Crippen molar-refractivity contribution in [3.8, 4) is 0 Å². The van der Waals surface area contributed by atoms with Crippen LogP contribution in [0.3, 0.4) is 0 Å². The number of hydrogen-bond acceptors (Lipinski definition) is 5. The highest BCUT2D eigenvalue weighted by atomic mass is 32.2. The van der Waals surface area contributed by atoms with Crippen LogP contribution in [0.25, 0.3) is 0 Å². The molecule has 8 heteroatoms. The van der Waals surface area contributed by atoms with Gasteiger partial charge in [0.15, 0.2) is 6.10 Å². The molecule has 1 saturated carbocycles. The second-order valence-corrected chi connectivity index (χ2v) is 11.9. The van der Waals surface area contributed by atoms with Crippen LogP contribution in [-0.4, -0.2) is 49.8 Å². The molecule has 1 amide bonds. The Morgan fingerprint density at radius 1 is 1.03 bits per heavy atom. The molecule has 3 atom stereocenters. The fourth-order valence-corrected chi connectivity index (χ4v) is 6.87. The van der Waals surface area contributed by atoms with Gasteiger partial charge >= 0.3 is 5.97 Å². The fourth-order valence-electron chi connectivity index (χ4n) is 5.34. The van der Waals surface area contributed by atoms with Crippen LogP contribution in [-0.2, 0) is 37.2 Å². The zero-order valence-electron chi connectivity index (χ0n) is 19.7. The number of rotatable bonds is 6. The highest BCUT2D eigenvalue weighted by Crippen LogP contribution is 2.29. The van der Waals surface area contributed by atoms with Crippen molar-refractivity contribution in [3.63, 3.8) is 0 Å². The molecule has 0 aromatic heterocycles. The number of carbonyl (C=O) groups is 2. The Labute approximate surface area is 197 Å². The third kappa shape index (κ3) is 5.43. The minimum Gasteiger partial charge on any atom is -0.452 e. The Morgan fingerprint density at radius 2 is 1.73 bits per heavy atom. The van der Waals surface area contributed by atoms with E-state index in [1.54, 1.807) is 13.0 Å². The van der Waals surface area contributed by atoms with Crippen LogP contribution in [0, 0.1) is 11.8 Å². The number of aryl methyl sites for hydroxylation is 2. The molecule has 0 radical (unpaired) electrons. The first-order chi connectivity index (χ1) is 15.8. The first-order valence-electron chi connectivity index (χ1n) is 12.4. The lowest BCUT2D eigenvalue weighted by atomic mass is 9.86. The van der Waals surface area contributed by atoms with Crippen molar-refractivity contribution >= 4 is 21.9 Å². The first kappa shape index (κ1) is 24.2. The molecule has 3 aliphatic rings. The van der Waals surface area contributed by atoms with Gasteiger partial charge in [-0.2, -0.15) is 4.31 Å². The molecule has 182 valence electrons. The molecule has 1 aliphatic heterocycles. The molecule has 1 aromatic rings. The molecule has 3 unspecified atom stereocenters. The number of nitrogens with one attached hydrogen (secondary N) is 1. The van der Waals surface area contributed by atoms with Crippen molar-refractivity contribution in [1.29, 1.82) is 0 Å². The largest absolute Gasteiger partial charge is 0.452 e. The zero-order valence-corrected chi connectivity index (χ0v) is 20.5. The number of sulfonamides is 1. The van der Waals surface area contributed by atoms with Gasteiger partial charge in [-0.25, -0.2) is 8.42 Å². The van der Waals surface area contributed by atoms with Gasteiger partial charge in [0.05, 0.1) is 10.8 Å². The Hall–Kier alpha value is -1.93. The number of fused-ring (bicyclic) bond motifs is 1. The van der Waals surface area contributed by atoms with E-state index in [4.69, 9.17) is 4.74 Å². The van der Waals surface area contributed by atoms with Gasteiger partial charge in [-0.1, -0.05) is 25.8 Å². The second kappa shape index (κ2) is 10.1. The van der Waals surface area contributed by atoms with Crippen molar-refractivity contribution in [2.75, 3.05) is 13.1 Å². The minimum atomic E-state index is -3.57. The Bertz CT molecular complexity index is 985. The molecule has 4 rings (SSSR count). The number of nitrogens with zero attached hydrogens (tertiary/aromatic N) is 1. The van der Waals surface area contributed by atoms with Crippen molar-refractivity contribution in [2.24, 2.45) is 11.8 Å². The van der Waals surface area contributed by atoms with E-state index in [9.17, 15) is 18.0 Å². The Morgan fingerprint density at radius 3 is 2.45 bits per heavy atom. The molecule has 1 aromatic carbocycles. The maximum absolute atomic E-state index is 13.1. The monoisotopic (exact) mass is 476 g/mol. The SMILES string of the molecule is CC(OC(=O)C1CCN(S(=O)(=O)c2ccc3c(c2)CCC3)CC1)C(=O)NC1CCCCC1C. The molecule has 7 nitrogen and oxygen atoms in total. The normalized spacial score (nSPS) is 25.3. The molecule has 2 aliphatic carbocycles.